The van der Waals surface area contributed by atoms with Crippen LogP contribution < -0.4 is 10.6 Å². The van der Waals surface area contributed by atoms with Crippen LogP contribution in [0.2, 0.25) is 0 Å². The fraction of sp³-hybridized carbons (Fsp3) is 0.571. The van der Waals surface area contributed by atoms with Gasteiger partial charge in [-0.25, -0.2) is 4.39 Å². The average Bonchev–Trinajstić information content (AvgIpc) is 2.84. The highest BCUT2D eigenvalue weighted by Crippen LogP contribution is 2.28. The van der Waals surface area contributed by atoms with Crippen molar-refractivity contribution in [2.24, 2.45) is 5.73 Å². The van der Waals surface area contributed by atoms with Gasteiger partial charge in [0.05, 0.1) is 0 Å². The first-order valence-electron chi connectivity index (χ1n) is 6.49. The van der Waals surface area contributed by atoms with Crippen molar-refractivity contribution < 1.29 is 13.9 Å². The molecule has 2 atom stereocenters. The molecule has 1 aliphatic heterocycles. The van der Waals surface area contributed by atoms with Crippen LogP contribution >= 0.6 is 0 Å². The number of ether oxygens (including phenoxy) is 2. The lowest BCUT2D eigenvalue weighted by atomic mass is 10.1. The first kappa shape index (κ1) is 14.2. The molecule has 0 amide bonds. The lowest BCUT2D eigenvalue weighted by Crippen LogP contribution is -2.27. The monoisotopic (exact) mass is 268 g/mol. The fourth-order valence-electron chi connectivity index (χ4n) is 2.63. The van der Waals surface area contributed by atoms with Crippen LogP contribution in [0.4, 0.5) is 10.1 Å². The lowest BCUT2D eigenvalue weighted by Gasteiger charge is -2.22. The van der Waals surface area contributed by atoms with Crippen LogP contribution in [0, 0.1) is 5.82 Å². The molecule has 19 heavy (non-hydrogen) atoms. The highest BCUT2D eigenvalue weighted by atomic mass is 19.1. The van der Waals surface area contributed by atoms with Gasteiger partial charge in [0.2, 0.25) is 0 Å². The summed E-state index contributed by atoms with van der Waals surface area (Å²) in [7, 11) is 3.35. The molecule has 1 aromatic rings. The third-order valence-electron chi connectivity index (χ3n) is 3.65. The van der Waals surface area contributed by atoms with E-state index in [1.165, 1.54) is 6.07 Å². The van der Waals surface area contributed by atoms with Crippen molar-refractivity contribution in [1.82, 2.24) is 0 Å². The minimum atomic E-state index is -0.196. The number of halogens is 1. The Balaban J connectivity index is 2.25. The highest BCUT2D eigenvalue weighted by Gasteiger charge is 2.34. The summed E-state index contributed by atoms with van der Waals surface area (Å²) in [6.07, 6.45) is 0.561. The maximum atomic E-state index is 13.9. The number of rotatable bonds is 5. The van der Waals surface area contributed by atoms with E-state index in [0.29, 0.717) is 31.6 Å². The predicted molar refractivity (Wildman–Crippen MR) is 73.0 cm³/mol. The Morgan fingerprint density at radius 2 is 1.89 bits per heavy atom. The van der Waals surface area contributed by atoms with E-state index in [0.717, 1.165) is 5.69 Å². The molecule has 1 heterocycles. The molecule has 0 bridgehead atoms. The molecule has 2 rings (SSSR count). The zero-order valence-corrected chi connectivity index (χ0v) is 11.4. The number of anilines is 1. The molecule has 0 aromatic heterocycles. The van der Waals surface area contributed by atoms with E-state index in [9.17, 15) is 4.39 Å². The van der Waals surface area contributed by atoms with Gasteiger partial charge in [-0.15, -0.1) is 0 Å². The van der Waals surface area contributed by atoms with Crippen LogP contribution in [0.5, 0.6) is 0 Å². The van der Waals surface area contributed by atoms with Crippen molar-refractivity contribution in [2.45, 2.75) is 18.6 Å². The largest absolute Gasteiger partial charge is 0.377 e. The number of methoxy groups -OCH3 is 2. The number of nitrogens with zero attached hydrogens (tertiary/aromatic N) is 1. The molecule has 1 fully saturated rings. The Morgan fingerprint density at radius 3 is 2.42 bits per heavy atom. The molecule has 4 nitrogen and oxygen atoms in total. The van der Waals surface area contributed by atoms with Gasteiger partial charge in [-0.2, -0.15) is 0 Å². The summed E-state index contributed by atoms with van der Waals surface area (Å²) >= 11 is 0. The molecule has 0 aliphatic carbocycles. The van der Waals surface area contributed by atoms with Crippen molar-refractivity contribution in [1.29, 1.82) is 0 Å². The minimum Gasteiger partial charge on any atom is -0.377 e. The molecule has 0 spiro atoms. The van der Waals surface area contributed by atoms with Crippen molar-refractivity contribution >= 4 is 5.69 Å². The molecule has 1 saturated heterocycles. The van der Waals surface area contributed by atoms with Crippen LogP contribution in [0.15, 0.2) is 18.2 Å². The number of hydrogen-bond acceptors (Lipinski definition) is 4. The number of benzene rings is 1. The zero-order valence-electron chi connectivity index (χ0n) is 11.4. The predicted octanol–water partition coefficient (Wildman–Crippen LogP) is 1.18. The maximum Gasteiger partial charge on any atom is 0.128 e. The van der Waals surface area contributed by atoms with Gasteiger partial charge >= 0.3 is 0 Å². The Hall–Kier alpha value is -1.17. The van der Waals surface area contributed by atoms with E-state index >= 15 is 0 Å². The Kier molecular flexibility index (Phi) is 4.74. The SMILES string of the molecule is COC1CN(c2cccc(F)c2CCN)CC1OC. The standard InChI is InChI=1S/C14H21FN2O2/c1-18-13-8-17(9-14(13)19-2)12-5-3-4-11(15)10(12)6-7-16/h3-5,13-14H,6-9,16H2,1-2H3. The molecule has 2 unspecified atom stereocenters. The zero-order chi connectivity index (χ0) is 13.8. The van der Waals surface area contributed by atoms with Gasteiger partial charge in [-0.05, 0) is 25.1 Å². The van der Waals surface area contributed by atoms with Crippen molar-refractivity contribution in [3.63, 3.8) is 0 Å². The van der Waals surface area contributed by atoms with E-state index in [4.69, 9.17) is 15.2 Å². The number of nitrogens with two attached hydrogens (primary N) is 1. The Labute approximate surface area is 113 Å². The van der Waals surface area contributed by atoms with Crippen LogP contribution in [0.3, 0.4) is 0 Å². The second kappa shape index (κ2) is 6.32. The lowest BCUT2D eigenvalue weighted by molar-refractivity contribution is -0.00461. The van der Waals surface area contributed by atoms with E-state index in [-0.39, 0.29) is 18.0 Å². The molecular weight excluding hydrogens is 247 g/mol. The second-order valence-electron chi connectivity index (χ2n) is 4.73. The first-order valence-corrected chi connectivity index (χ1v) is 6.49. The van der Waals surface area contributed by atoms with Crippen molar-refractivity contribution in [2.75, 3.05) is 38.8 Å². The topological polar surface area (TPSA) is 47.7 Å². The molecular formula is C14H21FN2O2. The quantitative estimate of drug-likeness (QED) is 0.871. The summed E-state index contributed by atoms with van der Waals surface area (Å²) in [5, 5.41) is 0. The van der Waals surface area contributed by atoms with Gasteiger partial charge in [0, 0.05) is 38.6 Å². The first-order chi connectivity index (χ1) is 9.21. The Bertz CT molecular complexity index is 416. The van der Waals surface area contributed by atoms with Crippen LogP contribution in [0.1, 0.15) is 5.56 Å². The molecule has 2 N–H and O–H groups in total. The summed E-state index contributed by atoms with van der Waals surface area (Å²) in [4.78, 5) is 2.11. The van der Waals surface area contributed by atoms with Crippen LogP contribution in [-0.4, -0.2) is 46.1 Å². The van der Waals surface area contributed by atoms with E-state index < -0.39 is 0 Å². The van der Waals surface area contributed by atoms with Gasteiger partial charge in [0.25, 0.3) is 0 Å². The van der Waals surface area contributed by atoms with Gasteiger partial charge in [0.15, 0.2) is 0 Å². The molecule has 5 heteroatoms. The molecule has 1 aliphatic rings. The normalized spacial score (nSPS) is 23.1. The van der Waals surface area contributed by atoms with Gasteiger partial charge in [0.1, 0.15) is 18.0 Å². The van der Waals surface area contributed by atoms with Crippen LogP contribution in [0.25, 0.3) is 0 Å². The summed E-state index contributed by atoms with van der Waals surface area (Å²) in [5.74, 6) is -0.196. The molecule has 106 valence electrons. The fourth-order valence-corrected chi connectivity index (χ4v) is 2.63. The van der Waals surface area contributed by atoms with Crippen molar-refractivity contribution in [3.8, 4) is 0 Å². The van der Waals surface area contributed by atoms with E-state index in [2.05, 4.69) is 4.90 Å². The maximum absolute atomic E-state index is 13.9. The molecule has 0 radical (unpaired) electrons. The minimum absolute atomic E-state index is 0.0130. The van der Waals surface area contributed by atoms with Crippen LogP contribution in [-0.2, 0) is 15.9 Å². The third kappa shape index (κ3) is 2.88. The number of hydrogen-bond donors (Lipinski definition) is 1. The van der Waals surface area contributed by atoms with E-state index in [1.54, 1.807) is 20.3 Å². The van der Waals surface area contributed by atoms with Gasteiger partial charge in [-0.3, -0.25) is 0 Å². The van der Waals surface area contributed by atoms with Gasteiger partial charge < -0.3 is 20.1 Å². The second-order valence-corrected chi connectivity index (χ2v) is 4.73. The molecule has 0 saturated carbocycles. The van der Waals surface area contributed by atoms with E-state index in [1.807, 2.05) is 6.07 Å². The average molecular weight is 268 g/mol. The third-order valence-corrected chi connectivity index (χ3v) is 3.65. The summed E-state index contributed by atoms with van der Waals surface area (Å²) in [5.41, 5.74) is 7.14. The van der Waals surface area contributed by atoms with Gasteiger partial charge in [-0.1, -0.05) is 6.07 Å². The Morgan fingerprint density at radius 1 is 1.26 bits per heavy atom. The summed E-state index contributed by atoms with van der Waals surface area (Å²) < 4.78 is 24.7. The highest BCUT2D eigenvalue weighted by molar-refractivity contribution is 5.55. The summed E-state index contributed by atoms with van der Waals surface area (Å²) in [6, 6.07) is 5.14. The van der Waals surface area contributed by atoms with Crippen molar-refractivity contribution in [3.05, 3.63) is 29.6 Å². The smallest absolute Gasteiger partial charge is 0.128 e. The molecule has 1 aromatic carbocycles. The summed E-state index contributed by atoms with van der Waals surface area (Å²) in [6.45, 7) is 1.84.